The molecule has 0 fully saturated rings. The molecule has 6 heteroatoms. The fourth-order valence-corrected chi connectivity index (χ4v) is 1.68. The lowest BCUT2D eigenvalue weighted by molar-refractivity contribution is 0.832. The van der Waals surface area contributed by atoms with Crippen LogP contribution < -0.4 is 11.3 Å². The van der Waals surface area contributed by atoms with Crippen LogP contribution in [0.15, 0.2) is 47.4 Å². The van der Waals surface area contributed by atoms with Gasteiger partial charge in [-0.25, -0.2) is 9.67 Å². The van der Waals surface area contributed by atoms with Gasteiger partial charge in [0.2, 0.25) is 5.95 Å². The molecule has 0 unspecified atom stereocenters. The summed E-state index contributed by atoms with van der Waals surface area (Å²) in [6, 6.07) is 11.2. The fourth-order valence-electron chi connectivity index (χ4n) is 1.68. The van der Waals surface area contributed by atoms with Gasteiger partial charge >= 0.3 is 5.56 Å². The van der Waals surface area contributed by atoms with Crippen molar-refractivity contribution in [2.75, 3.05) is 5.73 Å². The Hall–Kier alpha value is -2.76. The first kappa shape index (κ1) is 10.4. The molecule has 0 aliphatic carbocycles. The summed E-state index contributed by atoms with van der Waals surface area (Å²) in [4.78, 5) is 19.2. The topological polar surface area (TPSA) is 86.7 Å². The third kappa shape index (κ3) is 1.69. The van der Waals surface area contributed by atoms with Crippen LogP contribution in [0.4, 0.5) is 5.95 Å². The molecule has 2 heterocycles. The van der Waals surface area contributed by atoms with Crippen LogP contribution >= 0.6 is 0 Å². The van der Waals surface area contributed by atoms with Crippen molar-refractivity contribution in [2.24, 2.45) is 0 Å². The molecule has 1 aromatic rings. The number of rotatable bonds is 1. The van der Waals surface area contributed by atoms with Crippen molar-refractivity contribution in [3.05, 3.63) is 52.9 Å². The summed E-state index contributed by atoms with van der Waals surface area (Å²) in [6.07, 6.45) is 1.73. The Morgan fingerprint density at radius 1 is 1.06 bits per heavy atom. The van der Waals surface area contributed by atoms with Gasteiger partial charge in [0.05, 0.1) is 5.69 Å². The zero-order valence-electron chi connectivity index (χ0n) is 9.32. The first-order chi connectivity index (χ1) is 8.74. The molecule has 0 radical (unpaired) electrons. The Kier molecular flexibility index (Phi) is 2.26. The van der Waals surface area contributed by atoms with Gasteiger partial charge in [0.15, 0.2) is 5.69 Å². The predicted molar refractivity (Wildman–Crippen MR) is 66.5 cm³/mol. The molecule has 18 heavy (non-hydrogen) atoms. The molecule has 88 valence electrons. The summed E-state index contributed by atoms with van der Waals surface area (Å²) >= 11 is 0. The van der Waals surface area contributed by atoms with E-state index in [4.69, 9.17) is 5.73 Å². The average molecular weight is 239 g/mol. The first-order valence-corrected chi connectivity index (χ1v) is 5.33. The quantitative estimate of drug-likeness (QED) is 0.675. The summed E-state index contributed by atoms with van der Waals surface area (Å²) in [6.45, 7) is 0. The SMILES string of the molecule is Nc1nc2ccn(-c3ccccc3)nc-2c(=O)n1. The van der Waals surface area contributed by atoms with E-state index >= 15 is 0 Å². The Bertz CT molecular complexity index is 722. The molecule has 0 bridgehead atoms. The molecular formula is C12H9N5O. The molecule has 0 spiro atoms. The van der Waals surface area contributed by atoms with Crippen LogP contribution in [-0.2, 0) is 0 Å². The Labute approximate surface area is 102 Å². The van der Waals surface area contributed by atoms with Gasteiger partial charge in [-0.3, -0.25) is 4.79 Å². The van der Waals surface area contributed by atoms with Crippen LogP contribution in [0.2, 0.25) is 0 Å². The first-order valence-electron chi connectivity index (χ1n) is 5.33. The Morgan fingerprint density at radius 2 is 1.83 bits per heavy atom. The maximum Gasteiger partial charge on any atom is 0.302 e. The van der Waals surface area contributed by atoms with Gasteiger partial charge in [-0.15, -0.1) is 0 Å². The van der Waals surface area contributed by atoms with Crippen molar-refractivity contribution >= 4 is 5.95 Å². The second kappa shape index (κ2) is 3.92. The third-order valence-corrected chi connectivity index (χ3v) is 2.50. The Morgan fingerprint density at radius 3 is 2.61 bits per heavy atom. The number of hydrogen-bond acceptors (Lipinski definition) is 5. The van der Waals surface area contributed by atoms with E-state index in [0.29, 0.717) is 5.69 Å². The number of nitrogen functional groups attached to an aromatic ring is 1. The fraction of sp³-hybridized carbons (Fsp3) is 0. The standard InChI is InChI=1S/C12H9N5O/c13-12-14-9-6-7-17(8-4-2-1-3-5-8)16-10(9)11(18)15-12/h1-7H,(H2,13,15,18). The van der Waals surface area contributed by atoms with Crippen LogP contribution in [0.5, 0.6) is 0 Å². The van der Waals surface area contributed by atoms with Crippen molar-refractivity contribution in [3.8, 4) is 17.1 Å². The highest BCUT2D eigenvalue weighted by atomic mass is 16.1. The number of anilines is 1. The van der Waals surface area contributed by atoms with Crippen LogP contribution in [-0.4, -0.2) is 19.7 Å². The zero-order chi connectivity index (χ0) is 12.5. The van der Waals surface area contributed by atoms with Crippen molar-refractivity contribution in [1.29, 1.82) is 0 Å². The lowest BCUT2D eigenvalue weighted by Gasteiger charge is -2.08. The molecule has 0 atom stereocenters. The Balaban J connectivity index is 2.24. The van der Waals surface area contributed by atoms with Gasteiger partial charge in [0.1, 0.15) is 5.69 Å². The number of nitrogens with two attached hydrogens (primary N) is 1. The molecule has 0 aromatic heterocycles. The summed E-state index contributed by atoms with van der Waals surface area (Å²) in [5.41, 5.74) is 6.45. The van der Waals surface area contributed by atoms with Gasteiger partial charge in [-0.1, -0.05) is 18.2 Å². The van der Waals surface area contributed by atoms with E-state index in [-0.39, 0.29) is 11.6 Å². The second-order valence-electron chi connectivity index (χ2n) is 3.72. The number of nitrogens with zero attached hydrogens (tertiary/aromatic N) is 4. The molecule has 3 rings (SSSR count). The minimum absolute atomic E-state index is 0.0354. The predicted octanol–water partition coefficient (Wildman–Crippen LogP) is 0.709. The van der Waals surface area contributed by atoms with Crippen molar-refractivity contribution < 1.29 is 0 Å². The smallest absolute Gasteiger partial charge is 0.302 e. The highest BCUT2D eigenvalue weighted by Crippen LogP contribution is 2.13. The summed E-state index contributed by atoms with van der Waals surface area (Å²) in [5, 5.41) is 4.21. The average Bonchev–Trinajstić information content (AvgIpc) is 2.39. The highest BCUT2D eigenvalue weighted by molar-refractivity contribution is 5.55. The molecule has 0 saturated heterocycles. The van der Waals surface area contributed by atoms with Crippen molar-refractivity contribution in [1.82, 2.24) is 19.7 Å². The molecular weight excluding hydrogens is 230 g/mol. The molecule has 2 aliphatic rings. The van der Waals surface area contributed by atoms with E-state index in [1.54, 1.807) is 16.9 Å². The lowest BCUT2D eigenvalue weighted by Crippen LogP contribution is -2.18. The van der Waals surface area contributed by atoms with Gasteiger partial charge in [0.25, 0.3) is 0 Å². The van der Waals surface area contributed by atoms with E-state index in [0.717, 1.165) is 5.69 Å². The van der Waals surface area contributed by atoms with Gasteiger partial charge in [-0.2, -0.15) is 10.1 Å². The van der Waals surface area contributed by atoms with E-state index in [9.17, 15) is 4.79 Å². The minimum Gasteiger partial charge on any atom is -0.368 e. The molecule has 2 aliphatic heterocycles. The van der Waals surface area contributed by atoms with Gasteiger partial charge in [-0.05, 0) is 18.2 Å². The summed E-state index contributed by atoms with van der Waals surface area (Å²) in [5.74, 6) is -0.0354. The van der Waals surface area contributed by atoms with Crippen LogP contribution in [0.1, 0.15) is 0 Å². The summed E-state index contributed by atoms with van der Waals surface area (Å²) < 4.78 is 1.60. The molecule has 6 nitrogen and oxygen atoms in total. The van der Waals surface area contributed by atoms with E-state index in [2.05, 4.69) is 15.1 Å². The molecule has 1 aromatic carbocycles. The van der Waals surface area contributed by atoms with E-state index < -0.39 is 5.56 Å². The maximum absolute atomic E-state index is 11.7. The van der Waals surface area contributed by atoms with E-state index in [1.165, 1.54) is 0 Å². The van der Waals surface area contributed by atoms with Crippen molar-refractivity contribution in [3.63, 3.8) is 0 Å². The van der Waals surface area contributed by atoms with Crippen LogP contribution in [0.25, 0.3) is 17.1 Å². The summed E-state index contributed by atoms with van der Waals surface area (Å²) in [7, 11) is 0. The minimum atomic E-state index is -0.470. The number of benzene rings is 1. The lowest BCUT2D eigenvalue weighted by atomic mass is 10.3. The number of fused-ring (bicyclic) bond motifs is 1. The van der Waals surface area contributed by atoms with Gasteiger partial charge < -0.3 is 5.73 Å². The normalized spacial score (nSPS) is 10.7. The monoisotopic (exact) mass is 239 g/mol. The molecule has 2 N–H and O–H groups in total. The molecule has 0 amide bonds. The van der Waals surface area contributed by atoms with Crippen LogP contribution in [0, 0.1) is 0 Å². The second-order valence-corrected chi connectivity index (χ2v) is 3.72. The largest absolute Gasteiger partial charge is 0.368 e. The number of para-hydroxylation sites is 1. The van der Waals surface area contributed by atoms with Crippen LogP contribution in [0.3, 0.4) is 0 Å². The van der Waals surface area contributed by atoms with E-state index in [1.807, 2.05) is 30.3 Å². The number of aromatic nitrogens is 4. The zero-order valence-corrected chi connectivity index (χ0v) is 9.32. The molecule has 0 saturated carbocycles. The third-order valence-electron chi connectivity index (χ3n) is 2.50. The van der Waals surface area contributed by atoms with Gasteiger partial charge in [0, 0.05) is 6.20 Å². The maximum atomic E-state index is 11.7. The highest BCUT2D eigenvalue weighted by Gasteiger charge is 2.12. The van der Waals surface area contributed by atoms with Crippen molar-refractivity contribution in [2.45, 2.75) is 0 Å². The number of hydrogen-bond donors (Lipinski definition) is 1.